The Labute approximate surface area is 114 Å². The zero-order valence-electron chi connectivity index (χ0n) is 8.72. The lowest BCUT2D eigenvalue weighted by atomic mass is 10.2. The van der Waals surface area contributed by atoms with E-state index in [1.54, 1.807) is 0 Å². The Morgan fingerprint density at radius 3 is 2.53 bits per heavy atom. The van der Waals surface area contributed by atoms with Crippen LogP contribution in [0.15, 0.2) is 24.3 Å². The van der Waals surface area contributed by atoms with Gasteiger partial charge in [0, 0.05) is 5.33 Å². The van der Waals surface area contributed by atoms with Gasteiger partial charge in [0.1, 0.15) is 5.75 Å². The fourth-order valence-electron chi connectivity index (χ4n) is 1.29. The molecular formula is C12H16BrIO. The molecule has 0 N–H and O–H groups in total. The molecule has 0 aliphatic heterocycles. The number of benzene rings is 1. The van der Waals surface area contributed by atoms with Crippen molar-refractivity contribution in [3.8, 4) is 5.75 Å². The number of unbranched alkanes of at least 4 members (excludes halogenated alkanes) is 3. The topological polar surface area (TPSA) is 9.23 Å². The van der Waals surface area contributed by atoms with Gasteiger partial charge in [-0.15, -0.1) is 0 Å². The highest BCUT2D eigenvalue weighted by Crippen LogP contribution is 2.19. The Bertz CT molecular complexity index is 278. The first-order valence-corrected chi connectivity index (χ1v) is 7.48. The van der Waals surface area contributed by atoms with Crippen LogP contribution in [0.1, 0.15) is 25.7 Å². The minimum atomic E-state index is 0.836. The first kappa shape index (κ1) is 13.3. The maximum absolute atomic E-state index is 5.70. The molecule has 0 unspecified atom stereocenters. The Hall–Kier alpha value is 0.230. The van der Waals surface area contributed by atoms with Crippen molar-refractivity contribution in [1.29, 1.82) is 0 Å². The smallest absolute Gasteiger partial charge is 0.132 e. The molecule has 0 bridgehead atoms. The maximum Gasteiger partial charge on any atom is 0.132 e. The lowest BCUT2D eigenvalue weighted by Crippen LogP contribution is -1.98. The molecule has 0 heterocycles. The van der Waals surface area contributed by atoms with Gasteiger partial charge in [0.15, 0.2) is 0 Å². The molecule has 15 heavy (non-hydrogen) atoms. The van der Waals surface area contributed by atoms with Gasteiger partial charge < -0.3 is 4.74 Å². The van der Waals surface area contributed by atoms with Gasteiger partial charge in [-0.3, -0.25) is 0 Å². The van der Waals surface area contributed by atoms with Crippen molar-refractivity contribution in [1.82, 2.24) is 0 Å². The van der Waals surface area contributed by atoms with Crippen LogP contribution < -0.4 is 4.74 Å². The third-order valence-corrected chi connectivity index (χ3v) is 3.57. The number of hydrogen-bond acceptors (Lipinski definition) is 1. The summed E-state index contributed by atoms with van der Waals surface area (Å²) in [6, 6.07) is 8.15. The van der Waals surface area contributed by atoms with Crippen LogP contribution in [0.25, 0.3) is 0 Å². The lowest BCUT2D eigenvalue weighted by Gasteiger charge is -2.07. The first-order valence-electron chi connectivity index (χ1n) is 5.28. The maximum atomic E-state index is 5.70. The summed E-state index contributed by atoms with van der Waals surface area (Å²) in [4.78, 5) is 0. The van der Waals surface area contributed by atoms with E-state index in [1.807, 2.05) is 18.2 Å². The number of rotatable bonds is 7. The van der Waals surface area contributed by atoms with Crippen molar-refractivity contribution >= 4 is 38.5 Å². The highest BCUT2D eigenvalue weighted by Gasteiger charge is 1.98. The summed E-state index contributed by atoms with van der Waals surface area (Å²) in [5.74, 6) is 1.01. The molecule has 0 saturated heterocycles. The third-order valence-electron chi connectivity index (χ3n) is 2.12. The summed E-state index contributed by atoms with van der Waals surface area (Å²) in [6.07, 6.45) is 4.97. The SMILES string of the molecule is BrCCCCCCOc1ccccc1I. The summed E-state index contributed by atoms with van der Waals surface area (Å²) in [5, 5.41) is 1.12. The molecular weight excluding hydrogens is 367 g/mol. The molecule has 0 aromatic heterocycles. The van der Waals surface area contributed by atoms with Gasteiger partial charge in [-0.1, -0.05) is 40.9 Å². The van der Waals surface area contributed by atoms with Crippen molar-refractivity contribution in [2.45, 2.75) is 25.7 Å². The third kappa shape index (κ3) is 5.76. The van der Waals surface area contributed by atoms with E-state index in [-0.39, 0.29) is 0 Å². The largest absolute Gasteiger partial charge is 0.492 e. The second-order valence-corrected chi connectivity index (χ2v) is 5.34. The predicted octanol–water partition coefficient (Wildman–Crippen LogP) is 4.63. The van der Waals surface area contributed by atoms with Crippen LogP contribution >= 0.6 is 38.5 Å². The molecule has 0 spiro atoms. The number of hydrogen-bond donors (Lipinski definition) is 0. The first-order chi connectivity index (χ1) is 7.34. The molecule has 0 radical (unpaired) electrons. The van der Waals surface area contributed by atoms with E-state index in [1.165, 1.54) is 22.8 Å². The zero-order valence-corrected chi connectivity index (χ0v) is 12.5. The number of alkyl halides is 1. The normalized spacial score (nSPS) is 10.3. The summed E-state index contributed by atoms with van der Waals surface area (Å²) in [6.45, 7) is 0.836. The number of halogens is 2. The van der Waals surface area contributed by atoms with Crippen molar-refractivity contribution in [3.63, 3.8) is 0 Å². The molecule has 0 saturated carbocycles. The highest BCUT2D eigenvalue weighted by molar-refractivity contribution is 14.1. The molecule has 3 heteroatoms. The fourth-order valence-corrected chi connectivity index (χ4v) is 2.23. The van der Waals surface area contributed by atoms with Gasteiger partial charge in [-0.05, 0) is 47.6 Å². The molecule has 0 aliphatic rings. The van der Waals surface area contributed by atoms with Gasteiger partial charge >= 0.3 is 0 Å². The molecule has 0 fully saturated rings. The summed E-state index contributed by atoms with van der Waals surface area (Å²) in [5.41, 5.74) is 0. The van der Waals surface area contributed by atoms with Gasteiger partial charge in [0.2, 0.25) is 0 Å². The van der Waals surface area contributed by atoms with Gasteiger partial charge in [-0.2, -0.15) is 0 Å². The second kappa shape index (κ2) is 8.39. The van der Waals surface area contributed by atoms with Crippen LogP contribution in [0.5, 0.6) is 5.75 Å². The van der Waals surface area contributed by atoms with Crippen LogP contribution in [-0.4, -0.2) is 11.9 Å². The average Bonchev–Trinajstić information content (AvgIpc) is 2.25. The predicted molar refractivity (Wildman–Crippen MR) is 76.9 cm³/mol. The summed E-state index contributed by atoms with van der Waals surface area (Å²) >= 11 is 5.74. The van der Waals surface area contributed by atoms with E-state index in [0.717, 1.165) is 24.1 Å². The molecule has 1 aromatic rings. The van der Waals surface area contributed by atoms with Crippen molar-refractivity contribution < 1.29 is 4.74 Å². The van der Waals surface area contributed by atoms with Crippen LogP contribution in [0, 0.1) is 3.57 Å². The second-order valence-electron chi connectivity index (χ2n) is 3.38. The standard InChI is InChI=1S/C12H16BrIO/c13-9-5-1-2-6-10-15-12-8-4-3-7-11(12)14/h3-4,7-8H,1-2,5-6,9-10H2. The Kier molecular flexibility index (Phi) is 7.44. The molecule has 1 nitrogen and oxygen atoms in total. The molecule has 0 amide bonds. The Morgan fingerprint density at radius 2 is 1.80 bits per heavy atom. The van der Waals surface area contributed by atoms with E-state index < -0.39 is 0 Å². The quantitative estimate of drug-likeness (QED) is 0.379. The molecule has 0 aliphatic carbocycles. The van der Waals surface area contributed by atoms with E-state index in [4.69, 9.17) is 4.74 Å². The average molecular weight is 383 g/mol. The van der Waals surface area contributed by atoms with Gasteiger partial charge in [0.25, 0.3) is 0 Å². The zero-order chi connectivity index (χ0) is 10.9. The number of para-hydroxylation sites is 1. The lowest BCUT2D eigenvalue weighted by molar-refractivity contribution is 0.303. The van der Waals surface area contributed by atoms with E-state index in [9.17, 15) is 0 Å². The molecule has 84 valence electrons. The fraction of sp³-hybridized carbons (Fsp3) is 0.500. The van der Waals surface area contributed by atoms with Crippen molar-refractivity contribution in [2.24, 2.45) is 0 Å². The minimum absolute atomic E-state index is 0.836. The van der Waals surface area contributed by atoms with Crippen molar-refractivity contribution in [3.05, 3.63) is 27.8 Å². The molecule has 1 rings (SSSR count). The van der Waals surface area contributed by atoms with E-state index in [0.29, 0.717) is 0 Å². The highest BCUT2D eigenvalue weighted by atomic mass is 127. The monoisotopic (exact) mass is 382 g/mol. The van der Waals surface area contributed by atoms with Crippen LogP contribution in [0.3, 0.4) is 0 Å². The number of ether oxygens (including phenoxy) is 1. The Morgan fingerprint density at radius 1 is 1.07 bits per heavy atom. The van der Waals surface area contributed by atoms with Crippen LogP contribution in [0.2, 0.25) is 0 Å². The van der Waals surface area contributed by atoms with Crippen LogP contribution in [0.4, 0.5) is 0 Å². The van der Waals surface area contributed by atoms with Crippen LogP contribution in [-0.2, 0) is 0 Å². The van der Waals surface area contributed by atoms with E-state index >= 15 is 0 Å². The molecule has 1 aromatic carbocycles. The molecule has 0 atom stereocenters. The van der Waals surface area contributed by atoms with Gasteiger partial charge in [-0.25, -0.2) is 0 Å². The van der Waals surface area contributed by atoms with Crippen molar-refractivity contribution in [2.75, 3.05) is 11.9 Å². The summed E-state index contributed by atoms with van der Waals surface area (Å²) < 4.78 is 6.89. The van der Waals surface area contributed by atoms with Gasteiger partial charge in [0.05, 0.1) is 10.2 Å². The van der Waals surface area contributed by atoms with E-state index in [2.05, 4.69) is 44.6 Å². The Balaban J connectivity index is 2.12. The summed E-state index contributed by atoms with van der Waals surface area (Å²) in [7, 11) is 0. The minimum Gasteiger partial charge on any atom is -0.492 e.